The minimum Gasteiger partial charge on any atom is -0.496 e. The van der Waals surface area contributed by atoms with Gasteiger partial charge in [0.25, 0.3) is 5.91 Å². The highest BCUT2D eigenvalue weighted by Gasteiger charge is 2.13. The molecule has 122 valence electrons. The van der Waals surface area contributed by atoms with Crippen LogP contribution in [0.1, 0.15) is 36.0 Å². The van der Waals surface area contributed by atoms with Crippen molar-refractivity contribution in [3.8, 4) is 5.75 Å². The van der Waals surface area contributed by atoms with Crippen molar-refractivity contribution in [3.05, 3.63) is 50.7 Å². The van der Waals surface area contributed by atoms with Crippen molar-refractivity contribution >= 4 is 23.2 Å². The van der Waals surface area contributed by atoms with E-state index in [4.69, 9.17) is 9.84 Å². The van der Waals surface area contributed by atoms with Crippen molar-refractivity contribution in [2.45, 2.75) is 20.3 Å². The molecule has 6 heteroatoms. The maximum atomic E-state index is 12.2. The molecule has 0 saturated heterocycles. The molecular formula is C17H19NO4S. The zero-order chi connectivity index (χ0) is 17.0. The van der Waals surface area contributed by atoms with E-state index < -0.39 is 5.97 Å². The topological polar surface area (TPSA) is 75.6 Å². The number of carboxylic acids is 1. The Morgan fingerprint density at radius 2 is 2.00 bits per heavy atom. The van der Waals surface area contributed by atoms with Gasteiger partial charge in [-0.2, -0.15) is 0 Å². The number of aromatic carboxylic acids is 1. The molecule has 0 bridgehead atoms. The molecule has 0 saturated carbocycles. The molecule has 0 atom stereocenters. The smallest absolute Gasteiger partial charge is 0.335 e. The fourth-order valence-electron chi connectivity index (χ4n) is 2.34. The first kappa shape index (κ1) is 17.0. The summed E-state index contributed by atoms with van der Waals surface area (Å²) in [6, 6.07) is 6.74. The Labute approximate surface area is 138 Å². The Bertz CT molecular complexity index is 736. The molecule has 1 aromatic heterocycles. The van der Waals surface area contributed by atoms with Gasteiger partial charge in [0.2, 0.25) is 0 Å². The molecule has 0 unspecified atom stereocenters. The van der Waals surface area contributed by atoms with Crippen molar-refractivity contribution in [1.29, 1.82) is 0 Å². The zero-order valence-electron chi connectivity index (χ0n) is 13.3. The number of hydrogen-bond donors (Lipinski definition) is 2. The van der Waals surface area contributed by atoms with Crippen LogP contribution in [0.5, 0.6) is 5.75 Å². The van der Waals surface area contributed by atoms with Crippen LogP contribution in [0.25, 0.3) is 0 Å². The van der Waals surface area contributed by atoms with E-state index in [-0.39, 0.29) is 11.5 Å². The van der Waals surface area contributed by atoms with Gasteiger partial charge in [-0.25, -0.2) is 4.79 Å². The summed E-state index contributed by atoms with van der Waals surface area (Å²) in [5.41, 5.74) is 2.02. The highest BCUT2D eigenvalue weighted by atomic mass is 32.1. The van der Waals surface area contributed by atoms with Crippen LogP contribution in [-0.4, -0.2) is 30.6 Å². The largest absolute Gasteiger partial charge is 0.496 e. The minimum atomic E-state index is -0.994. The van der Waals surface area contributed by atoms with E-state index in [0.29, 0.717) is 18.7 Å². The van der Waals surface area contributed by atoms with E-state index in [1.54, 1.807) is 6.07 Å². The Kier molecular flexibility index (Phi) is 5.39. The van der Waals surface area contributed by atoms with Crippen molar-refractivity contribution in [1.82, 2.24) is 5.32 Å². The first-order valence-corrected chi connectivity index (χ1v) is 7.99. The predicted molar refractivity (Wildman–Crippen MR) is 89.8 cm³/mol. The highest BCUT2D eigenvalue weighted by Crippen LogP contribution is 2.22. The number of carbonyl (C=O) groups excluding carboxylic acids is 1. The minimum absolute atomic E-state index is 0.0817. The van der Waals surface area contributed by atoms with Crippen LogP contribution in [0.4, 0.5) is 0 Å². The third-order valence-electron chi connectivity index (χ3n) is 3.46. The number of carbonyl (C=O) groups is 2. The Hall–Kier alpha value is -2.34. The Balaban J connectivity index is 2.00. The zero-order valence-corrected chi connectivity index (χ0v) is 14.1. The number of methoxy groups -OCH3 is 1. The first-order valence-electron chi connectivity index (χ1n) is 7.17. The molecule has 0 aliphatic rings. The number of benzene rings is 1. The van der Waals surface area contributed by atoms with Gasteiger partial charge in [-0.15, -0.1) is 11.3 Å². The molecule has 0 spiro atoms. The van der Waals surface area contributed by atoms with E-state index in [1.165, 1.54) is 30.6 Å². The molecular weight excluding hydrogens is 314 g/mol. The van der Waals surface area contributed by atoms with Crippen molar-refractivity contribution in [3.63, 3.8) is 0 Å². The van der Waals surface area contributed by atoms with Crippen LogP contribution in [0.3, 0.4) is 0 Å². The van der Waals surface area contributed by atoms with E-state index >= 15 is 0 Å². The number of rotatable bonds is 6. The lowest BCUT2D eigenvalue weighted by molar-refractivity contribution is 0.0696. The average molecular weight is 333 g/mol. The van der Waals surface area contributed by atoms with Crippen molar-refractivity contribution < 1.29 is 19.4 Å². The van der Waals surface area contributed by atoms with Gasteiger partial charge < -0.3 is 15.2 Å². The number of thiophene rings is 1. The van der Waals surface area contributed by atoms with Gasteiger partial charge in [-0.3, -0.25) is 4.79 Å². The first-order chi connectivity index (χ1) is 10.9. The Morgan fingerprint density at radius 3 is 2.57 bits per heavy atom. The fourth-order valence-corrected chi connectivity index (χ4v) is 3.28. The summed E-state index contributed by atoms with van der Waals surface area (Å²) in [6.45, 7) is 4.35. The number of hydrogen-bond acceptors (Lipinski definition) is 4. The van der Waals surface area contributed by atoms with Crippen LogP contribution in [0.15, 0.2) is 24.3 Å². The number of aryl methyl sites for hydroxylation is 2. The lowest BCUT2D eigenvalue weighted by atomic mass is 10.1. The van der Waals surface area contributed by atoms with Gasteiger partial charge >= 0.3 is 5.97 Å². The van der Waals surface area contributed by atoms with Gasteiger partial charge in [0.15, 0.2) is 0 Å². The van der Waals surface area contributed by atoms with Gasteiger partial charge in [-0.1, -0.05) is 6.07 Å². The molecule has 2 N–H and O–H groups in total. The summed E-state index contributed by atoms with van der Waals surface area (Å²) in [5.74, 6) is -0.560. The molecule has 2 aromatic rings. The fraction of sp³-hybridized carbons (Fsp3) is 0.294. The lowest BCUT2D eigenvalue weighted by Crippen LogP contribution is -2.25. The van der Waals surface area contributed by atoms with E-state index in [2.05, 4.69) is 5.32 Å². The molecule has 1 aromatic carbocycles. The second-order valence-corrected chi connectivity index (χ2v) is 6.46. The van der Waals surface area contributed by atoms with Crippen molar-refractivity contribution in [2.75, 3.05) is 13.7 Å². The number of ether oxygens (including phenoxy) is 1. The predicted octanol–water partition coefficient (Wildman–Crippen LogP) is 3.04. The number of amides is 1. The van der Waals surface area contributed by atoms with Crippen LogP contribution >= 0.6 is 11.3 Å². The summed E-state index contributed by atoms with van der Waals surface area (Å²) >= 11 is 1.48. The maximum Gasteiger partial charge on any atom is 0.335 e. The van der Waals surface area contributed by atoms with Crippen LogP contribution in [0, 0.1) is 13.8 Å². The second kappa shape index (κ2) is 7.28. The quantitative estimate of drug-likeness (QED) is 0.852. The maximum absolute atomic E-state index is 12.2. The highest BCUT2D eigenvalue weighted by molar-refractivity contribution is 7.14. The monoisotopic (exact) mass is 333 g/mol. The summed E-state index contributed by atoms with van der Waals surface area (Å²) in [5, 5.41) is 11.9. The van der Waals surface area contributed by atoms with Gasteiger partial charge in [-0.05, 0) is 49.6 Å². The summed E-state index contributed by atoms with van der Waals surface area (Å²) in [4.78, 5) is 25.0. The molecule has 0 aliphatic heterocycles. The standard InChI is InChI=1S/C17H19NO4S/c1-10-8-11(2)23-15(10)16(19)18-7-6-12-4-5-13(17(20)21)9-14(12)22-3/h4-5,8-9H,6-7H2,1-3H3,(H,18,19)(H,20,21). The molecule has 0 aliphatic carbocycles. The molecule has 1 heterocycles. The number of carboxylic acid groups (broad SMARTS) is 1. The van der Waals surface area contributed by atoms with Crippen molar-refractivity contribution in [2.24, 2.45) is 0 Å². The molecule has 5 nitrogen and oxygen atoms in total. The molecule has 23 heavy (non-hydrogen) atoms. The Morgan fingerprint density at radius 1 is 1.26 bits per heavy atom. The summed E-state index contributed by atoms with van der Waals surface area (Å²) in [6.07, 6.45) is 0.568. The molecule has 0 fully saturated rings. The average Bonchev–Trinajstić information content (AvgIpc) is 2.85. The van der Waals surface area contributed by atoms with Gasteiger partial charge in [0.05, 0.1) is 17.6 Å². The normalized spacial score (nSPS) is 10.4. The van der Waals surface area contributed by atoms with E-state index in [1.807, 2.05) is 19.9 Å². The van der Waals surface area contributed by atoms with E-state index in [0.717, 1.165) is 20.9 Å². The summed E-state index contributed by atoms with van der Waals surface area (Å²) in [7, 11) is 1.50. The molecule has 2 rings (SSSR count). The lowest BCUT2D eigenvalue weighted by Gasteiger charge is -2.10. The van der Waals surface area contributed by atoms with Crippen LogP contribution in [-0.2, 0) is 6.42 Å². The van der Waals surface area contributed by atoms with Gasteiger partial charge in [0, 0.05) is 11.4 Å². The van der Waals surface area contributed by atoms with E-state index in [9.17, 15) is 9.59 Å². The summed E-state index contributed by atoms with van der Waals surface area (Å²) < 4.78 is 5.23. The van der Waals surface area contributed by atoms with Crippen LogP contribution in [0.2, 0.25) is 0 Å². The SMILES string of the molecule is COc1cc(C(=O)O)ccc1CCNC(=O)c1sc(C)cc1C. The van der Waals surface area contributed by atoms with Gasteiger partial charge in [0.1, 0.15) is 5.75 Å². The number of nitrogens with one attached hydrogen (secondary N) is 1. The third-order valence-corrected chi connectivity index (χ3v) is 4.61. The molecule has 0 radical (unpaired) electrons. The second-order valence-electron chi connectivity index (χ2n) is 5.21. The molecule has 1 amide bonds. The van der Waals surface area contributed by atoms with Crippen LogP contribution < -0.4 is 10.1 Å². The third kappa shape index (κ3) is 4.10.